The predicted molar refractivity (Wildman–Crippen MR) is 48.5 cm³/mol. The van der Waals surface area contributed by atoms with Gasteiger partial charge in [-0.3, -0.25) is 14.4 Å². The van der Waals surface area contributed by atoms with Crippen molar-refractivity contribution in [1.82, 2.24) is 5.32 Å². The van der Waals surface area contributed by atoms with Gasteiger partial charge in [-0.1, -0.05) is 0 Å². The summed E-state index contributed by atoms with van der Waals surface area (Å²) in [6, 6.07) is 0. The Labute approximate surface area is 82.0 Å². The molecule has 1 aliphatic heterocycles. The molecule has 14 heavy (non-hydrogen) atoms. The third-order valence-electron chi connectivity index (χ3n) is 3.18. The average Bonchev–Trinajstić information content (AvgIpc) is 2.38. The van der Waals surface area contributed by atoms with Crippen molar-refractivity contribution in [3.8, 4) is 0 Å². The summed E-state index contributed by atoms with van der Waals surface area (Å²) in [4.78, 5) is 35.0. The molecule has 2 aliphatic rings. The Bertz CT molecular complexity index is 292. The van der Waals surface area contributed by atoms with Crippen LogP contribution in [-0.2, 0) is 14.4 Å². The minimum atomic E-state index is -1.30. The highest BCUT2D eigenvalue weighted by Gasteiger charge is 2.55. The van der Waals surface area contributed by atoms with E-state index in [1.807, 2.05) is 0 Å². The molecule has 1 saturated heterocycles. The van der Waals surface area contributed by atoms with E-state index in [0.717, 1.165) is 12.8 Å². The van der Waals surface area contributed by atoms with E-state index in [-0.39, 0.29) is 30.3 Å². The lowest BCUT2D eigenvalue weighted by Gasteiger charge is -2.21. The number of ketones is 2. The average molecular weight is 195 g/mol. The van der Waals surface area contributed by atoms with Gasteiger partial charge in [0.25, 0.3) is 0 Å². The number of rotatable bonds is 0. The van der Waals surface area contributed by atoms with Crippen LogP contribution in [-0.4, -0.2) is 24.0 Å². The summed E-state index contributed by atoms with van der Waals surface area (Å²) in [5, 5.41) is 2.66. The van der Waals surface area contributed by atoms with Crippen molar-refractivity contribution in [2.45, 2.75) is 32.1 Å². The van der Waals surface area contributed by atoms with Crippen LogP contribution in [0.15, 0.2) is 0 Å². The zero-order valence-electron chi connectivity index (χ0n) is 7.97. The Morgan fingerprint density at radius 3 is 2.29 bits per heavy atom. The van der Waals surface area contributed by atoms with E-state index in [0.29, 0.717) is 13.0 Å². The van der Waals surface area contributed by atoms with Crippen LogP contribution in [0.4, 0.5) is 0 Å². The molecule has 76 valence electrons. The summed E-state index contributed by atoms with van der Waals surface area (Å²) in [6.07, 6.45) is 2.53. The first-order valence-corrected chi connectivity index (χ1v) is 5.03. The van der Waals surface area contributed by atoms with Gasteiger partial charge < -0.3 is 5.32 Å². The fraction of sp³-hybridized carbons (Fsp3) is 0.700. The van der Waals surface area contributed by atoms with Gasteiger partial charge in [0.1, 0.15) is 0 Å². The molecule has 1 aliphatic carbocycles. The fourth-order valence-corrected chi connectivity index (χ4v) is 2.32. The van der Waals surface area contributed by atoms with Crippen LogP contribution in [0.3, 0.4) is 0 Å². The van der Waals surface area contributed by atoms with Crippen LogP contribution in [0.25, 0.3) is 0 Å². The molecule has 0 aromatic carbocycles. The second kappa shape index (κ2) is 3.19. The van der Waals surface area contributed by atoms with Crippen molar-refractivity contribution in [2.75, 3.05) is 6.54 Å². The second-order valence-corrected chi connectivity index (χ2v) is 3.96. The quantitative estimate of drug-likeness (QED) is 0.562. The molecule has 2 rings (SSSR count). The molecule has 0 aromatic rings. The zero-order valence-corrected chi connectivity index (χ0v) is 7.97. The van der Waals surface area contributed by atoms with Crippen LogP contribution in [0.5, 0.6) is 0 Å². The highest BCUT2D eigenvalue weighted by molar-refractivity contribution is 6.27. The molecule has 1 saturated carbocycles. The maximum absolute atomic E-state index is 11.7. The number of nitrogens with one attached hydrogen (secondary N) is 1. The van der Waals surface area contributed by atoms with Gasteiger partial charge in [-0.05, 0) is 19.3 Å². The molecule has 0 bridgehead atoms. The predicted octanol–water partition coefficient (Wildman–Crippen LogP) is 0.205. The molecule has 2 fully saturated rings. The van der Waals surface area contributed by atoms with E-state index in [9.17, 15) is 14.4 Å². The molecule has 4 heteroatoms. The van der Waals surface area contributed by atoms with Gasteiger partial charge in [0.05, 0.1) is 0 Å². The van der Waals surface area contributed by atoms with Gasteiger partial charge in [0.2, 0.25) is 5.91 Å². The van der Waals surface area contributed by atoms with E-state index in [4.69, 9.17) is 0 Å². The third-order valence-corrected chi connectivity index (χ3v) is 3.18. The summed E-state index contributed by atoms with van der Waals surface area (Å²) in [7, 11) is 0. The van der Waals surface area contributed by atoms with E-state index >= 15 is 0 Å². The Morgan fingerprint density at radius 1 is 1.00 bits per heavy atom. The van der Waals surface area contributed by atoms with Gasteiger partial charge in [0.15, 0.2) is 17.0 Å². The monoisotopic (exact) mass is 195 g/mol. The van der Waals surface area contributed by atoms with Crippen molar-refractivity contribution in [3.63, 3.8) is 0 Å². The lowest BCUT2D eigenvalue weighted by molar-refractivity contribution is -0.146. The Hall–Kier alpha value is -1.19. The van der Waals surface area contributed by atoms with Crippen LogP contribution >= 0.6 is 0 Å². The Balaban J connectivity index is 2.38. The lowest BCUT2D eigenvalue weighted by atomic mass is 9.79. The fourth-order valence-electron chi connectivity index (χ4n) is 2.32. The number of carbonyl (C=O) groups is 3. The van der Waals surface area contributed by atoms with E-state index in [1.165, 1.54) is 0 Å². The first kappa shape index (κ1) is 9.37. The van der Waals surface area contributed by atoms with Crippen molar-refractivity contribution in [2.24, 2.45) is 5.41 Å². The molecule has 1 amide bonds. The lowest BCUT2D eigenvalue weighted by Crippen LogP contribution is -2.46. The van der Waals surface area contributed by atoms with Crippen LogP contribution in [0.1, 0.15) is 32.1 Å². The van der Waals surface area contributed by atoms with Gasteiger partial charge in [-0.15, -0.1) is 0 Å². The van der Waals surface area contributed by atoms with Crippen LogP contribution in [0.2, 0.25) is 0 Å². The summed E-state index contributed by atoms with van der Waals surface area (Å²) in [5.41, 5.74) is -1.30. The SMILES string of the molecule is O=C1CCC(=O)C12CCCCNC2=O. The van der Waals surface area contributed by atoms with Crippen molar-refractivity contribution >= 4 is 17.5 Å². The summed E-state index contributed by atoms with van der Waals surface area (Å²) < 4.78 is 0. The highest BCUT2D eigenvalue weighted by Crippen LogP contribution is 2.37. The minimum absolute atomic E-state index is 0.179. The molecule has 0 atom stereocenters. The van der Waals surface area contributed by atoms with Crippen LogP contribution < -0.4 is 5.32 Å². The number of hydrogen-bond donors (Lipinski definition) is 1. The first-order valence-electron chi connectivity index (χ1n) is 5.03. The molecular weight excluding hydrogens is 182 g/mol. The van der Waals surface area contributed by atoms with Gasteiger partial charge in [-0.2, -0.15) is 0 Å². The zero-order chi connectivity index (χ0) is 10.2. The smallest absolute Gasteiger partial charge is 0.241 e. The van der Waals surface area contributed by atoms with Crippen LogP contribution in [0, 0.1) is 5.41 Å². The highest BCUT2D eigenvalue weighted by atomic mass is 16.2. The molecule has 1 heterocycles. The molecule has 0 aromatic heterocycles. The van der Waals surface area contributed by atoms with Gasteiger partial charge in [-0.25, -0.2) is 0 Å². The number of hydrogen-bond acceptors (Lipinski definition) is 3. The van der Waals surface area contributed by atoms with E-state index in [1.54, 1.807) is 0 Å². The number of Topliss-reactive ketones (excluding diaryl/α,β-unsaturated/α-hetero) is 2. The van der Waals surface area contributed by atoms with E-state index in [2.05, 4.69) is 5.32 Å². The first-order chi connectivity index (χ1) is 6.68. The second-order valence-electron chi connectivity index (χ2n) is 3.96. The topological polar surface area (TPSA) is 63.2 Å². The number of carbonyl (C=O) groups excluding carboxylic acids is 3. The summed E-state index contributed by atoms with van der Waals surface area (Å²) in [5.74, 6) is -0.716. The molecule has 0 radical (unpaired) electrons. The molecule has 4 nitrogen and oxygen atoms in total. The Morgan fingerprint density at radius 2 is 1.64 bits per heavy atom. The third kappa shape index (κ3) is 1.10. The molecule has 1 N–H and O–H groups in total. The maximum Gasteiger partial charge on any atom is 0.241 e. The minimum Gasteiger partial charge on any atom is -0.355 e. The normalized spacial score (nSPS) is 26.4. The largest absolute Gasteiger partial charge is 0.355 e. The summed E-state index contributed by atoms with van der Waals surface area (Å²) in [6.45, 7) is 0.584. The molecule has 0 unspecified atom stereocenters. The van der Waals surface area contributed by atoms with Crippen molar-refractivity contribution in [1.29, 1.82) is 0 Å². The standard InChI is InChI=1S/C10H13NO3/c12-7-3-4-8(13)10(7)5-1-2-6-11-9(10)14/h1-6H2,(H,11,14). The Kier molecular flexibility index (Phi) is 2.13. The maximum atomic E-state index is 11.7. The van der Waals surface area contributed by atoms with Gasteiger partial charge >= 0.3 is 0 Å². The molecule has 1 spiro atoms. The van der Waals surface area contributed by atoms with Crippen molar-refractivity contribution in [3.05, 3.63) is 0 Å². The number of amides is 1. The van der Waals surface area contributed by atoms with Crippen molar-refractivity contribution < 1.29 is 14.4 Å². The summed E-state index contributed by atoms with van der Waals surface area (Å²) >= 11 is 0. The van der Waals surface area contributed by atoms with Gasteiger partial charge in [0, 0.05) is 19.4 Å². The van der Waals surface area contributed by atoms with E-state index < -0.39 is 5.41 Å². The molecular formula is C10H13NO3.